The van der Waals surface area contributed by atoms with Gasteiger partial charge in [0, 0.05) is 5.92 Å². The minimum atomic E-state index is -0.530. The Labute approximate surface area is 112 Å². The molecule has 0 spiro atoms. The van der Waals surface area contributed by atoms with Gasteiger partial charge in [0.25, 0.3) is 0 Å². The van der Waals surface area contributed by atoms with Crippen LogP contribution in [0.2, 0.25) is 0 Å². The highest BCUT2D eigenvalue weighted by Crippen LogP contribution is 2.43. The van der Waals surface area contributed by atoms with E-state index in [2.05, 4.69) is 0 Å². The third-order valence-electron chi connectivity index (χ3n) is 3.41. The minimum Gasteiger partial charge on any atom is -0.471 e. The molecule has 0 amide bonds. The van der Waals surface area contributed by atoms with Gasteiger partial charge in [0.2, 0.25) is 6.29 Å². The number of esters is 1. The fraction of sp³-hybridized carbons (Fsp3) is 0.571. The zero-order valence-corrected chi connectivity index (χ0v) is 11.3. The van der Waals surface area contributed by atoms with E-state index in [0.717, 1.165) is 6.29 Å². The van der Waals surface area contributed by atoms with Crippen molar-refractivity contribution in [2.75, 3.05) is 7.11 Å². The second kappa shape index (κ2) is 5.57. The fourth-order valence-corrected chi connectivity index (χ4v) is 2.59. The summed E-state index contributed by atoms with van der Waals surface area (Å²) in [7, 11) is 1.33. The van der Waals surface area contributed by atoms with Gasteiger partial charge < -0.3 is 14.2 Å². The molecule has 1 aliphatic heterocycles. The summed E-state index contributed by atoms with van der Waals surface area (Å²) in [6.07, 6.45) is 4.13. The van der Waals surface area contributed by atoms with Gasteiger partial charge in [0.15, 0.2) is 0 Å². The highest BCUT2D eigenvalue weighted by atomic mass is 16.7. The molecule has 0 saturated carbocycles. The van der Waals surface area contributed by atoms with Gasteiger partial charge in [-0.3, -0.25) is 4.79 Å². The number of carbonyl (C=O) groups excluding carboxylic acids is 2. The molecule has 0 aromatic carbocycles. The van der Waals surface area contributed by atoms with Gasteiger partial charge >= 0.3 is 5.97 Å². The molecule has 1 heterocycles. The molecule has 0 fully saturated rings. The second-order valence-electron chi connectivity index (χ2n) is 4.94. The van der Waals surface area contributed by atoms with Crippen LogP contribution in [0.25, 0.3) is 0 Å². The molecule has 0 aromatic heterocycles. The Morgan fingerprint density at radius 3 is 2.84 bits per heavy atom. The maximum absolute atomic E-state index is 11.7. The van der Waals surface area contributed by atoms with Crippen LogP contribution in [0.15, 0.2) is 23.5 Å². The smallest absolute Gasteiger partial charge is 0.337 e. The van der Waals surface area contributed by atoms with Crippen molar-refractivity contribution >= 4 is 12.3 Å². The first kappa shape index (κ1) is 13.8. The normalized spacial score (nSPS) is 29.2. The molecule has 0 saturated heterocycles. The molecule has 5 heteroatoms. The lowest BCUT2D eigenvalue weighted by molar-refractivity contribution is -0.171. The molecular formula is C14H18O5. The fourth-order valence-electron chi connectivity index (χ4n) is 2.59. The molecule has 2 rings (SSSR count). The van der Waals surface area contributed by atoms with E-state index in [1.807, 2.05) is 19.9 Å². The van der Waals surface area contributed by atoms with E-state index in [9.17, 15) is 9.59 Å². The number of hydrogen-bond acceptors (Lipinski definition) is 5. The maximum atomic E-state index is 11.7. The number of aldehydes is 1. The Balaban J connectivity index is 2.27. The number of allylic oxidation sites excluding steroid dienone is 1. The lowest BCUT2D eigenvalue weighted by atomic mass is 9.83. The lowest BCUT2D eigenvalue weighted by Crippen LogP contribution is -2.38. The van der Waals surface area contributed by atoms with Crippen LogP contribution in [0.5, 0.6) is 0 Å². The Morgan fingerprint density at radius 2 is 2.26 bits per heavy atom. The van der Waals surface area contributed by atoms with E-state index >= 15 is 0 Å². The number of rotatable bonds is 4. The third-order valence-corrected chi connectivity index (χ3v) is 3.41. The quantitative estimate of drug-likeness (QED) is 0.571. The van der Waals surface area contributed by atoms with Crippen molar-refractivity contribution in [2.45, 2.75) is 32.7 Å². The van der Waals surface area contributed by atoms with E-state index in [1.54, 1.807) is 0 Å². The molecule has 0 aromatic rings. The summed E-state index contributed by atoms with van der Waals surface area (Å²) in [5.74, 6) is -0.761. The van der Waals surface area contributed by atoms with Crippen molar-refractivity contribution in [3.63, 3.8) is 0 Å². The van der Waals surface area contributed by atoms with Crippen LogP contribution < -0.4 is 0 Å². The summed E-state index contributed by atoms with van der Waals surface area (Å²) in [6.45, 7) is 3.80. The Kier molecular flexibility index (Phi) is 4.04. The highest BCUT2D eigenvalue weighted by molar-refractivity contribution is 5.90. The first-order chi connectivity index (χ1) is 9.08. The van der Waals surface area contributed by atoms with Crippen LogP contribution in [0.4, 0.5) is 0 Å². The zero-order valence-electron chi connectivity index (χ0n) is 11.3. The second-order valence-corrected chi connectivity index (χ2v) is 4.94. The molecule has 19 heavy (non-hydrogen) atoms. The van der Waals surface area contributed by atoms with E-state index in [0.29, 0.717) is 17.6 Å². The Morgan fingerprint density at radius 1 is 1.53 bits per heavy atom. The summed E-state index contributed by atoms with van der Waals surface area (Å²) < 4.78 is 15.9. The largest absolute Gasteiger partial charge is 0.471 e. The average Bonchev–Trinajstić information content (AvgIpc) is 2.82. The van der Waals surface area contributed by atoms with E-state index in [4.69, 9.17) is 14.2 Å². The van der Waals surface area contributed by atoms with Crippen molar-refractivity contribution in [3.05, 3.63) is 23.5 Å². The van der Waals surface area contributed by atoms with Gasteiger partial charge in [-0.1, -0.05) is 6.08 Å². The van der Waals surface area contributed by atoms with Crippen molar-refractivity contribution < 1.29 is 23.8 Å². The van der Waals surface area contributed by atoms with Gasteiger partial charge in [-0.25, -0.2) is 4.79 Å². The Bertz CT molecular complexity index is 435. The first-order valence-corrected chi connectivity index (χ1v) is 6.33. The van der Waals surface area contributed by atoms with Crippen LogP contribution in [0, 0.1) is 11.8 Å². The average molecular weight is 266 g/mol. The maximum Gasteiger partial charge on any atom is 0.337 e. The van der Waals surface area contributed by atoms with Crippen LogP contribution in [-0.4, -0.2) is 31.8 Å². The summed E-state index contributed by atoms with van der Waals surface area (Å²) in [5, 5.41) is 0. The third kappa shape index (κ3) is 2.56. The van der Waals surface area contributed by atoms with Gasteiger partial charge in [-0.15, -0.1) is 0 Å². The van der Waals surface area contributed by atoms with E-state index in [1.165, 1.54) is 13.4 Å². The first-order valence-electron chi connectivity index (χ1n) is 6.33. The zero-order chi connectivity index (χ0) is 14.0. The molecular weight excluding hydrogens is 248 g/mol. The van der Waals surface area contributed by atoms with Crippen molar-refractivity contribution in [3.8, 4) is 0 Å². The van der Waals surface area contributed by atoms with Crippen molar-refractivity contribution in [2.24, 2.45) is 11.8 Å². The standard InChI is InChI=1S/C14H18O5/c1-8(2)19-14-12-9(6-15)4-5-10(12)11(7-18-14)13(16)17-3/h4,6-8,10,12,14H,5H2,1-3H3/t10-,12-,14-/m1/s1. The Hall–Kier alpha value is -1.62. The summed E-state index contributed by atoms with van der Waals surface area (Å²) in [4.78, 5) is 22.8. The van der Waals surface area contributed by atoms with Crippen LogP contribution >= 0.6 is 0 Å². The van der Waals surface area contributed by atoms with Gasteiger partial charge in [-0.2, -0.15) is 0 Å². The van der Waals surface area contributed by atoms with Crippen molar-refractivity contribution in [1.29, 1.82) is 0 Å². The molecule has 0 N–H and O–H groups in total. The predicted octanol–water partition coefficient (Wildman–Crippen LogP) is 1.59. The van der Waals surface area contributed by atoms with Gasteiger partial charge in [0.1, 0.15) is 6.29 Å². The monoisotopic (exact) mass is 266 g/mol. The van der Waals surface area contributed by atoms with Gasteiger partial charge in [-0.05, 0) is 25.8 Å². The topological polar surface area (TPSA) is 61.8 Å². The molecule has 104 valence electrons. The van der Waals surface area contributed by atoms with E-state index in [-0.39, 0.29) is 17.9 Å². The molecule has 0 unspecified atom stereocenters. The van der Waals surface area contributed by atoms with Crippen LogP contribution in [0.3, 0.4) is 0 Å². The lowest BCUT2D eigenvalue weighted by Gasteiger charge is -2.34. The van der Waals surface area contributed by atoms with E-state index < -0.39 is 12.3 Å². The summed E-state index contributed by atoms with van der Waals surface area (Å²) >= 11 is 0. The minimum absolute atomic E-state index is 0.0211. The molecule has 0 bridgehead atoms. The molecule has 3 atom stereocenters. The number of ether oxygens (including phenoxy) is 3. The van der Waals surface area contributed by atoms with Crippen LogP contribution in [0.1, 0.15) is 20.3 Å². The van der Waals surface area contributed by atoms with Crippen LogP contribution in [-0.2, 0) is 23.8 Å². The number of fused-ring (bicyclic) bond motifs is 1. The SMILES string of the molecule is COC(=O)C1=CO[C@H](OC(C)C)[C@@H]2C(C=O)=CC[C@H]12. The van der Waals surface area contributed by atoms with Gasteiger partial charge in [0.05, 0.1) is 31.0 Å². The molecule has 5 nitrogen and oxygen atoms in total. The molecule has 0 radical (unpaired) electrons. The predicted molar refractivity (Wildman–Crippen MR) is 66.9 cm³/mol. The molecule has 2 aliphatic rings. The summed E-state index contributed by atoms with van der Waals surface area (Å²) in [5.41, 5.74) is 1.09. The van der Waals surface area contributed by atoms with Crippen molar-refractivity contribution in [1.82, 2.24) is 0 Å². The summed E-state index contributed by atoms with van der Waals surface area (Å²) in [6, 6.07) is 0. The number of methoxy groups -OCH3 is 1. The molecule has 1 aliphatic carbocycles. The number of carbonyl (C=O) groups is 2. The highest BCUT2D eigenvalue weighted by Gasteiger charge is 2.45. The number of hydrogen-bond donors (Lipinski definition) is 0.